The Labute approximate surface area is 529 Å². The number of rotatable bonds is 15. The summed E-state index contributed by atoms with van der Waals surface area (Å²) in [4.78, 5) is 79.3. The number of amides is 3. The summed E-state index contributed by atoms with van der Waals surface area (Å²) in [6.45, 7) is 7.80. The van der Waals surface area contributed by atoms with Gasteiger partial charge >= 0.3 is 6.18 Å². The van der Waals surface area contributed by atoms with E-state index in [2.05, 4.69) is 97.8 Å². The molecule has 0 atom stereocenters. The van der Waals surface area contributed by atoms with Gasteiger partial charge in [0.05, 0.1) is 48.1 Å². The molecule has 0 bridgehead atoms. The van der Waals surface area contributed by atoms with Crippen molar-refractivity contribution in [2.75, 3.05) is 16.0 Å². The Morgan fingerprint density at radius 2 is 0.772 bits per heavy atom. The molecule has 3 aromatic carbocycles. The van der Waals surface area contributed by atoms with Crippen molar-refractivity contribution in [3.8, 4) is 67.2 Å². The zero-order chi connectivity index (χ0) is 64.4. The van der Waals surface area contributed by atoms with Gasteiger partial charge in [0.2, 0.25) is 17.7 Å². The number of aromatic nitrogens is 10. The number of hydrogen-bond acceptors (Lipinski definition) is 13. The first-order chi connectivity index (χ1) is 44.6. The van der Waals surface area contributed by atoms with Crippen LogP contribution in [-0.2, 0) is 39.8 Å². The molecule has 0 radical (unpaired) electrons. The van der Waals surface area contributed by atoms with Crippen LogP contribution in [0.4, 0.5) is 30.6 Å². The van der Waals surface area contributed by atoms with Crippen LogP contribution in [0.3, 0.4) is 0 Å². The fourth-order valence-electron chi connectivity index (χ4n) is 9.96. The number of benzene rings is 3. The molecule has 19 heteroatoms. The van der Waals surface area contributed by atoms with Crippen LogP contribution in [-0.4, -0.2) is 67.6 Å². The van der Waals surface area contributed by atoms with E-state index in [9.17, 15) is 27.6 Å². The van der Waals surface area contributed by atoms with E-state index in [1.807, 2.05) is 104 Å². The number of halogens is 3. The van der Waals surface area contributed by atoms with E-state index in [4.69, 9.17) is 0 Å². The summed E-state index contributed by atoms with van der Waals surface area (Å²) in [5.41, 5.74) is 15.1. The molecule has 92 heavy (non-hydrogen) atoms. The molecule has 0 saturated carbocycles. The third kappa shape index (κ3) is 17.5. The number of hydrogen-bond donors (Lipinski definition) is 3. The highest BCUT2D eigenvalue weighted by molar-refractivity contribution is 5.93. The maximum Gasteiger partial charge on any atom is 0.417 e. The normalized spacial score (nSPS) is 10.8. The van der Waals surface area contributed by atoms with Crippen molar-refractivity contribution in [2.45, 2.75) is 53.1 Å². The average molecular weight is 1220 g/mol. The molecule has 456 valence electrons. The highest BCUT2D eigenvalue weighted by atomic mass is 19.4. The molecule has 0 saturated heterocycles. The van der Waals surface area contributed by atoms with Gasteiger partial charge in [0, 0.05) is 96.2 Å². The van der Waals surface area contributed by atoms with E-state index in [-0.39, 0.29) is 35.2 Å². The standard InChI is InChI=1S/C25H22N4O.C24H18F3N5O.C24H20N4O/c1-17-13-19(6-8-22(17)20-10-12-26-18(2)14-20)15-25(30)29-24-9-7-21(16-28-24)23-5-3-4-11-27-23;1-15-10-17(6-7-29-15)19-4-2-16(11-20(19)24(25,26)27)12-23(33)32-22-5-3-18(13-31-22)21-14-28-8-9-30-21;1-17-14-18(5-7-21(17)19-9-12-25-13-10-19)15-24(29)28-23-8-6-20(16-27-23)22-4-2-3-11-26-22/h3-14,16H,15H2,1-2H3,(H,28,29,30);2-11,13-14H,12H2,1H3,(H,31,32,33);2-14,16H,15H2,1H3,(H,27,28,29). The molecule has 12 rings (SSSR count). The Balaban J connectivity index is 0.000000152. The number of carbonyl (C=O) groups excluding carboxylic acids is 3. The summed E-state index contributed by atoms with van der Waals surface area (Å²) in [5.74, 6) is 0.669. The van der Waals surface area contributed by atoms with Crippen LogP contribution in [0.2, 0.25) is 0 Å². The molecule has 0 unspecified atom stereocenters. The summed E-state index contributed by atoms with van der Waals surface area (Å²) < 4.78 is 41.2. The van der Waals surface area contributed by atoms with Gasteiger partial charge in [-0.05, 0) is 192 Å². The minimum atomic E-state index is -4.57. The lowest BCUT2D eigenvalue weighted by molar-refractivity contribution is -0.137. The van der Waals surface area contributed by atoms with Crippen LogP contribution in [0.1, 0.15) is 44.8 Å². The van der Waals surface area contributed by atoms with Crippen molar-refractivity contribution in [1.29, 1.82) is 0 Å². The van der Waals surface area contributed by atoms with Gasteiger partial charge in [-0.2, -0.15) is 13.2 Å². The fourth-order valence-corrected chi connectivity index (χ4v) is 9.96. The fraction of sp³-hybridized carbons (Fsp3) is 0.110. The third-order valence-corrected chi connectivity index (χ3v) is 14.3. The van der Waals surface area contributed by atoms with Crippen LogP contribution in [0, 0.1) is 27.7 Å². The van der Waals surface area contributed by atoms with Gasteiger partial charge in [0.1, 0.15) is 17.5 Å². The molecule has 12 aromatic rings. The van der Waals surface area contributed by atoms with Crippen molar-refractivity contribution >= 4 is 35.2 Å². The number of anilines is 3. The van der Waals surface area contributed by atoms with Gasteiger partial charge in [-0.1, -0.05) is 60.7 Å². The van der Waals surface area contributed by atoms with Crippen LogP contribution < -0.4 is 16.0 Å². The van der Waals surface area contributed by atoms with Crippen LogP contribution in [0.5, 0.6) is 0 Å². The number of alkyl halides is 3. The number of carbonyl (C=O) groups is 3. The molecule has 0 spiro atoms. The maximum atomic E-state index is 13.7. The lowest BCUT2D eigenvalue weighted by Gasteiger charge is -2.15. The van der Waals surface area contributed by atoms with Gasteiger partial charge in [-0.15, -0.1) is 0 Å². The highest BCUT2D eigenvalue weighted by Gasteiger charge is 2.34. The Hall–Kier alpha value is -11.9. The molecule has 16 nitrogen and oxygen atoms in total. The molecule has 9 aromatic heterocycles. The first-order valence-electron chi connectivity index (χ1n) is 29.1. The predicted octanol–water partition coefficient (Wildman–Crippen LogP) is 14.8. The van der Waals surface area contributed by atoms with Gasteiger partial charge in [0.15, 0.2) is 0 Å². The van der Waals surface area contributed by atoms with E-state index in [1.54, 1.807) is 93.0 Å². The topological polar surface area (TPSA) is 216 Å². The second-order valence-electron chi connectivity index (χ2n) is 21.3. The molecule has 0 aliphatic heterocycles. The third-order valence-electron chi connectivity index (χ3n) is 14.3. The molecule has 0 fully saturated rings. The summed E-state index contributed by atoms with van der Waals surface area (Å²) in [7, 11) is 0. The number of aryl methyl sites for hydroxylation is 4. The Bertz CT molecular complexity index is 4470. The van der Waals surface area contributed by atoms with E-state index < -0.39 is 17.6 Å². The quantitative estimate of drug-likeness (QED) is 0.0872. The van der Waals surface area contributed by atoms with Crippen LogP contribution in [0.15, 0.2) is 238 Å². The average Bonchev–Trinajstić information content (AvgIpc) is 0.874. The minimum absolute atomic E-state index is 0.0402. The van der Waals surface area contributed by atoms with E-state index in [0.29, 0.717) is 41.4 Å². The summed E-state index contributed by atoms with van der Waals surface area (Å²) in [6, 6.07) is 49.4. The smallest absolute Gasteiger partial charge is 0.310 e. The first-order valence-corrected chi connectivity index (χ1v) is 29.1. The molecular weight excluding hydrogens is 1160 g/mol. The predicted molar refractivity (Wildman–Crippen MR) is 350 cm³/mol. The zero-order valence-corrected chi connectivity index (χ0v) is 50.5. The second kappa shape index (κ2) is 29.9. The molecule has 3 amide bonds. The van der Waals surface area contributed by atoms with E-state index >= 15 is 0 Å². The molecule has 0 aliphatic rings. The monoisotopic (exact) mass is 1220 g/mol. The van der Waals surface area contributed by atoms with Gasteiger partial charge in [0.25, 0.3) is 0 Å². The first kappa shape index (κ1) is 63.2. The highest BCUT2D eigenvalue weighted by Crippen LogP contribution is 2.38. The lowest BCUT2D eigenvalue weighted by Crippen LogP contribution is -2.16. The maximum absolute atomic E-state index is 13.7. The zero-order valence-electron chi connectivity index (χ0n) is 50.5. The van der Waals surface area contributed by atoms with Crippen molar-refractivity contribution in [3.63, 3.8) is 0 Å². The summed E-state index contributed by atoms with van der Waals surface area (Å²) in [5, 5.41) is 8.33. The largest absolute Gasteiger partial charge is 0.417 e. The Kier molecular flexibility index (Phi) is 20.5. The van der Waals surface area contributed by atoms with Gasteiger partial charge in [-0.3, -0.25) is 49.3 Å². The van der Waals surface area contributed by atoms with Gasteiger partial charge < -0.3 is 16.0 Å². The van der Waals surface area contributed by atoms with Crippen molar-refractivity contribution < 1.29 is 27.6 Å². The SMILES string of the molecule is Cc1cc(-c2ccc(CC(=O)Nc3ccc(-c4ccccn4)cn3)cc2C)ccn1.Cc1cc(-c2ccc(CC(=O)Nc3ccc(-c4cnccn4)cn3)cc2C(F)(F)F)ccn1.Cc1cc(CC(=O)Nc2ccc(-c3ccccn3)cn2)ccc1-c1ccncc1. The molecular formula is C73H60F3N13O3. The second-order valence-corrected chi connectivity index (χ2v) is 21.3. The van der Waals surface area contributed by atoms with Crippen LogP contribution >= 0.6 is 0 Å². The molecule has 9 heterocycles. The minimum Gasteiger partial charge on any atom is -0.310 e. The molecule has 0 aliphatic carbocycles. The lowest BCUT2D eigenvalue weighted by atomic mass is 9.96. The number of nitrogens with zero attached hydrogens (tertiary/aromatic N) is 10. The van der Waals surface area contributed by atoms with Crippen molar-refractivity contribution in [3.05, 3.63) is 283 Å². The number of nitrogens with one attached hydrogen (secondary N) is 3. The van der Waals surface area contributed by atoms with E-state index in [0.717, 1.165) is 84.3 Å². The van der Waals surface area contributed by atoms with Crippen molar-refractivity contribution in [1.82, 2.24) is 49.8 Å². The number of pyridine rings is 8. The summed E-state index contributed by atoms with van der Waals surface area (Å²) in [6.07, 6.45) is 15.8. The Morgan fingerprint density at radius 1 is 0.348 bits per heavy atom. The van der Waals surface area contributed by atoms with Gasteiger partial charge in [-0.25, -0.2) is 15.0 Å². The van der Waals surface area contributed by atoms with Crippen molar-refractivity contribution in [2.24, 2.45) is 0 Å². The van der Waals surface area contributed by atoms with E-state index in [1.165, 1.54) is 30.6 Å². The van der Waals surface area contributed by atoms with Crippen LogP contribution in [0.25, 0.3) is 67.2 Å². The summed E-state index contributed by atoms with van der Waals surface area (Å²) >= 11 is 0. The Morgan fingerprint density at radius 3 is 1.17 bits per heavy atom. The molecule has 3 N–H and O–H groups in total.